The largest absolute Gasteiger partial charge is 0.512 e. The van der Waals surface area contributed by atoms with Gasteiger partial charge in [0.25, 0.3) is 0 Å². The monoisotopic (exact) mass is 881 g/mol. The van der Waals surface area contributed by atoms with Crippen LogP contribution in [0.15, 0.2) is 60.4 Å². The summed E-state index contributed by atoms with van der Waals surface area (Å²) >= 11 is 0. The molecule has 3 nitrogen and oxygen atoms in total. The Balaban J connectivity index is 0.000000528. The number of carbonyl (C=O) groups is 1. The SMILES string of the molecule is CC(C)C(=O)/C=C(\O)C(C)C.Cc1cc(C)c2c(C3CCC(CC(C)C)(CC(C)C)CC3)cc(-c3[c-]c4ccccc4c(C(C)(C)C)c3)nc2c1.[Ir]. The summed E-state index contributed by atoms with van der Waals surface area (Å²) in [6, 6.07) is 21.9. The van der Waals surface area contributed by atoms with Gasteiger partial charge in [-0.2, -0.15) is 0 Å². The molecule has 1 radical (unpaired) electrons. The van der Waals surface area contributed by atoms with Crippen molar-refractivity contribution in [3.05, 3.63) is 88.7 Å². The van der Waals surface area contributed by atoms with E-state index in [1.165, 1.54) is 83.0 Å². The second-order valence-electron chi connectivity index (χ2n) is 18.2. The van der Waals surface area contributed by atoms with Crippen molar-refractivity contribution in [1.82, 2.24) is 4.98 Å². The Hall–Kier alpha value is -2.81. The number of fused-ring (bicyclic) bond motifs is 2. The first-order valence-electron chi connectivity index (χ1n) is 19.6. The first kappa shape index (κ1) is 43.6. The van der Waals surface area contributed by atoms with Crippen molar-refractivity contribution >= 4 is 27.5 Å². The van der Waals surface area contributed by atoms with Gasteiger partial charge in [0.05, 0.1) is 11.3 Å². The molecule has 1 aromatic heterocycles. The fourth-order valence-corrected chi connectivity index (χ4v) is 8.48. The zero-order valence-electron chi connectivity index (χ0n) is 34.5. The number of hydrogen-bond donors (Lipinski definition) is 1. The number of carbonyl (C=O) groups excluding carboxylic acids is 1. The Kier molecular flexibility index (Phi) is 15.1. The number of nitrogens with zero attached hydrogens (tertiary/aromatic N) is 1. The number of aryl methyl sites for hydroxylation is 2. The summed E-state index contributed by atoms with van der Waals surface area (Å²) in [6.45, 7) is 28.4. The van der Waals surface area contributed by atoms with Gasteiger partial charge in [-0.25, -0.2) is 0 Å². The van der Waals surface area contributed by atoms with Crippen LogP contribution in [0, 0.1) is 49.0 Å². The molecule has 1 aliphatic rings. The first-order chi connectivity index (χ1) is 23.8. The summed E-state index contributed by atoms with van der Waals surface area (Å²) in [4.78, 5) is 16.3. The molecule has 0 atom stereocenters. The fourth-order valence-electron chi connectivity index (χ4n) is 8.48. The van der Waals surface area contributed by atoms with Gasteiger partial charge in [0.15, 0.2) is 5.78 Å². The summed E-state index contributed by atoms with van der Waals surface area (Å²) in [5.74, 6) is 2.26. The van der Waals surface area contributed by atoms with Crippen LogP contribution in [-0.2, 0) is 30.3 Å². The van der Waals surface area contributed by atoms with Crippen LogP contribution in [0.25, 0.3) is 32.9 Å². The standard InChI is InChI=1S/C39H50N.C9H16O2.Ir/c1-25(2)23-39(24-26(3)4)16-14-29(15-17-39)33-22-35(40-36-19-27(5)18-28(6)37(33)36)31-20-30-12-10-11-13-32(30)34(21-31)38(7,8)9;1-6(2)8(10)5-9(11)7(3)4;/h10-13,18-19,21-22,25-26,29H,14-17,23-24H2,1-9H3;5-7,10H,1-4H3;/q-1;;/b;8-5-;. The average Bonchev–Trinajstić information content (AvgIpc) is 3.02. The molecule has 1 heterocycles. The van der Waals surface area contributed by atoms with E-state index in [1.807, 2.05) is 27.7 Å². The molecule has 0 aliphatic heterocycles. The second-order valence-corrected chi connectivity index (χ2v) is 18.2. The van der Waals surface area contributed by atoms with Gasteiger partial charge < -0.3 is 5.11 Å². The van der Waals surface area contributed by atoms with Crippen LogP contribution in [-0.4, -0.2) is 15.9 Å². The number of benzene rings is 3. The third-order valence-corrected chi connectivity index (χ3v) is 10.8. The Morgan fingerprint density at radius 2 is 1.50 bits per heavy atom. The average molecular weight is 881 g/mol. The van der Waals surface area contributed by atoms with Crippen LogP contribution in [0.3, 0.4) is 0 Å². The number of hydrogen-bond acceptors (Lipinski definition) is 3. The van der Waals surface area contributed by atoms with Crippen molar-refractivity contribution < 1.29 is 30.0 Å². The van der Waals surface area contributed by atoms with E-state index in [0.29, 0.717) is 11.3 Å². The van der Waals surface area contributed by atoms with E-state index in [4.69, 9.17) is 4.98 Å². The molecule has 0 unspecified atom stereocenters. The van der Waals surface area contributed by atoms with Crippen molar-refractivity contribution in [3.63, 3.8) is 0 Å². The van der Waals surface area contributed by atoms with Crippen LogP contribution >= 0.6 is 0 Å². The predicted molar refractivity (Wildman–Crippen MR) is 220 cm³/mol. The number of aliphatic hydroxyl groups is 1. The zero-order chi connectivity index (χ0) is 37.8. The maximum absolute atomic E-state index is 11.0. The Labute approximate surface area is 329 Å². The van der Waals surface area contributed by atoms with E-state index in [1.54, 1.807) is 0 Å². The summed E-state index contributed by atoms with van der Waals surface area (Å²) in [7, 11) is 0. The molecule has 1 fully saturated rings. The van der Waals surface area contributed by atoms with E-state index in [0.717, 1.165) is 28.6 Å². The van der Waals surface area contributed by atoms with Crippen molar-refractivity contribution in [1.29, 1.82) is 0 Å². The summed E-state index contributed by atoms with van der Waals surface area (Å²) in [5, 5.41) is 13.0. The molecule has 5 rings (SSSR count). The van der Waals surface area contributed by atoms with Gasteiger partial charge in [0.1, 0.15) is 0 Å². The molecule has 1 saturated carbocycles. The fraction of sp³-hybridized carbons (Fsp3) is 0.542. The van der Waals surface area contributed by atoms with Crippen LogP contribution in [0.2, 0.25) is 0 Å². The van der Waals surface area contributed by atoms with Crippen LogP contribution in [0.4, 0.5) is 0 Å². The summed E-state index contributed by atoms with van der Waals surface area (Å²) < 4.78 is 0. The molecule has 0 saturated heterocycles. The molecule has 3 aromatic carbocycles. The maximum Gasteiger partial charge on any atom is 0.161 e. The van der Waals surface area contributed by atoms with Crippen LogP contribution in [0.5, 0.6) is 0 Å². The molecule has 0 bridgehead atoms. The van der Waals surface area contributed by atoms with Crippen molar-refractivity contribution in [2.24, 2.45) is 29.1 Å². The van der Waals surface area contributed by atoms with Crippen molar-refractivity contribution in [2.75, 3.05) is 0 Å². The third kappa shape index (κ3) is 10.9. The number of aromatic nitrogens is 1. The van der Waals surface area contributed by atoms with Gasteiger partial charge in [-0.05, 0) is 104 Å². The Morgan fingerprint density at radius 3 is 2.04 bits per heavy atom. The molecule has 4 heteroatoms. The Bertz CT molecular complexity index is 1840. The number of ketones is 1. The van der Waals surface area contributed by atoms with Crippen LogP contribution < -0.4 is 0 Å². The first-order valence-corrected chi connectivity index (χ1v) is 19.6. The molecule has 0 spiro atoms. The minimum Gasteiger partial charge on any atom is -0.512 e. The van der Waals surface area contributed by atoms with Gasteiger partial charge >= 0.3 is 0 Å². The van der Waals surface area contributed by atoms with E-state index in [2.05, 4.69) is 117 Å². The minimum atomic E-state index is -0.0316. The molecular weight excluding hydrogens is 815 g/mol. The van der Waals surface area contributed by atoms with E-state index in [-0.39, 0.29) is 48.9 Å². The molecule has 285 valence electrons. The topological polar surface area (TPSA) is 50.2 Å². The number of pyridine rings is 1. The van der Waals surface area contributed by atoms with Crippen molar-refractivity contribution in [2.45, 2.75) is 140 Å². The summed E-state index contributed by atoms with van der Waals surface area (Å²) in [5.41, 5.74) is 9.41. The minimum absolute atomic E-state index is 0. The smallest absolute Gasteiger partial charge is 0.161 e. The van der Waals surface area contributed by atoms with E-state index in [9.17, 15) is 9.90 Å². The van der Waals surface area contributed by atoms with Crippen LogP contribution in [0.1, 0.15) is 143 Å². The summed E-state index contributed by atoms with van der Waals surface area (Å²) in [6.07, 6.45) is 9.28. The molecule has 4 aromatic rings. The zero-order valence-corrected chi connectivity index (χ0v) is 36.9. The number of allylic oxidation sites excluding steroid dienone is 2. The van der Waals surface area contributed by atoms with Crippen molar-refractivity contribution in [3.8, 4) is 11.3 Å². The maximum atomic E-state index is 11.0. The third-order valence-electron chi connectivity index (χ3n) is 10.8. The van der Waals surface area contributed by atoms with Gasteiger partial charge in [-0.3, -0.25) is 9.78 Å². The Morgan fingerprint density at radius 1 is 0.904 bits per heavy atom. The second kappa shape index (κ2) is 18.0. The molecule has 1 N–H and O–H groups in total. The number of rotatable bonds is 9. The molecule has 0 amide bonds. The van der Waals surface area contributed by atoms with Gasteiger partial charge in [-0.1, -0.05) is 117 Å². The predicted octanol–water partition coefficient (Wildman–Crippen LogP) is 13.8. The molecular formula is C48H66IrNO2-. The number of aliphatic hydroxyl groups excluding tert-OH is 1. The van der Waals surface area contributed by atoms with Gasteiger partial charge in [-0.15, -0.1) is 29.1 Å². The van der Waals surface area contributed by atoms with Gasteiger partial charge in [0, 0.05) is 49.1 Å². The van der Waals surface area contributed by atoms with E-state index >= 15 is 0 Å². The van der Waals surface area contributed by atoms with E-state index < -0.39 is 0 Å². The molecule has 1 aliphatic carbocycles. The molecule has 52 heavy (non-hydrogen) atoms. The van der Waals surface area contributed by atoms with Gasteiger partial charge in [0.2, 0.25) is 0 Å². The normalized spacial score (nSPS) is 15.4. The quantitative estimate of drug-likeness (QED) is 0.104.